The summed E-state index contributed by atoms with van der Waals surface area (Å²) in [4.78, 5) is 34.0. The van der Waals surface area contributed by atoms with Gasteiger partial charge in [-0.2, -0.15) is 0 Å². The minimum atomic E-state index is -0.585. The molecule has 0 saturated carbocycles. The number of para-hydroxylation sites is 1. The van der Waals surface area contributed by atoms with Gasteiger partial charge in [-0.1, -0.05) is 113 Å². The van der Waals surface area contributed by atoms with Crippen molar-refractivity contribution in [3.05, 3.63) is 95.1 Å². The zero-order chi connectivity index (χ0) is 29.8. The van der Waals surface area contributed by atoms with E-state index in [4.69, 9.17) is 0 Å². The number of aromatic nitrogens is 1. The molecule has 0 aliphatic carbocycles. The lowest BCUT2D eigenvalue weighted by Gasteiger charge is -2.34. The number of rotatable bonds is 12. The van der Waals surface area contributed by atoms with Crippen LogP contribution in [0.1, 0.15) is 92.9 Å². The van der Waals surface area contributed by atoms with E-state index in [0.29, 0.717) is 24.4 Å². The number of amides is 2. The zero-order valence-corrected chi connectivity index (χ0v) is 25.7. The molecule has 1 aliphatic heterocycles. The molecule has 0 bridgehead atoms. The minimum Gasteiger partial charge on any atom is -0.354 e. The molecule has 1 aromatic heterocycles. The number of carbonyl (C=O) groups is 2. The number of carbonyl (C=O) groups excluding carboxylic acids is 2. The molecule has 3 aromatic carbocycles. The van der Waals surface area contributed by atoms with Crippen molar-refractivity contribution in [3.8, 4) is 11.3 Å². The first kappa shape index (κ1) is 29.6. The van der Waals surface area contributed by atoms with Crippen LogP contribution in [0.2, 0.25) is 0 Å². The SMILES string of the molecule is CCCCC(CC)CNC(=O)C(CC(C)C)N1C(=O)c2ccccc2C1c1c(-c2ccc(C)cc2)[nH]c2ccccc12. The van der Waals surface area contributed by atoms with Crippen molar-refractivity contribution < 1.29 is 9.59 Å². The first-order valence-corrected chi connectivity index (χ1v) is 15.7. The summed E-state index contributed by atoms with van der Waals surface area (Å²) in [6, 6.07) is 23.7. The molecule has 5 nitrogen and oxygen atoms in total. The Kier molecular flexibility index (Phi) is 9.15. The Morgan fingerprint density at radius 2 is 1.69 bits per heavy atom. The highest BCUT2D eigenvalue weighted by atomic mass is 16.2. The summed E-state index contributed by atoms with van der Waals surface area (Å²) in [7, 11) is 0. The van der Waals surface area contributed by atoms with E-state index in [2.05, 4.69) is 87.4 Å². The smallest absolute Gasteiger partial charge is 0.255 e. The van der Waals surface area contributed by atoms with Crippen LogP contribution in [0.4, 0.5) is 0 Å². The van der Waals surface area contributed by atoms with Gasteiger partial charge in [-0.05, 0) is 54.9 Å². The largest absolute Gasteiger partial charge is 0.354 e. The maximum Gasteiger partial charge on any atom is 0.255 e. The van der Waals surface area contributed by atoms with Gasteiger partial charge in [0.05, 0.1) is 11.7 Å². The van der Waals surface area contributed by atoms with Gasteiger partial charge in [-0.3, -0.25) is 9.59 Å². The molecular formula is C37H45N3O2. The van der Waals surface area contributed by atoms with Gasteiger partial charge in [-0.25, -0.2) is 0 Å². The number of hydrogen-bond donors (Lipinski definition) is 2. The van der Waals surface area contributed by atoms with Crippen LogP contribution in [-0.4, -0.2) is 34.3 Å². The van der Waals surface area contributed by atoms with Crippen molar-refractivity contribution in [2.24, 2.45) is 11.8 Å². The number of nitrogens with zero attached hydrogens (tertiary/aromatic N) is 1. The van der Waals surface area contributed by atoms with E-state index in [0.717, 1.165) is 59.0 Å². The van der Waals surface area contributed by atoms with Gasteiger partial charge in [-0.15, -0.1) is 0 Å². The molecule has 0 fully saturated rings. The van der Waals surface area contributed by atoms with Gasteiger partial charge in [0.2, 0.25) is 5.91 Å². The molecule has 4 aromatic rings. The van der Waals surface area contributed by atoms with E-state index >= 15 is 0 Å². The van der Waals surface area contributed by atoms with E-state index in [1.807, 2.05) is 35.2 Å². The molecule has 0 radical (unpaired) electrons. The van der Waals surface area contributed by atoms with E-state index in [1.54, 1.807) is 0 Å². The number of aromatic amines is 1. The van der Waals surface area contributed by atoms with Gasteiger partial charge >= 0.3 is 0 Å². The third-order valence-corrected chi connectivity index (χ3v) is 8.80. The van der Waals surface area contributed by atoms with Gasteiger partial charge in [0.25, 0.3) is 5.91 Å². The Bertz CT molecular complexity index is 1530. The van der Waals surface area contributed by atoms with Crippen LogP contribution in [0.25, 0.3) is 22.2 Å². The number of nitrogens with one attached hydrogen (secondary N) is 2. The number of unbranched alkanes of at least 4 members (excludes halogenated alkanes) is 1. The van der Waals surface area contributed by atoms with Crippen molar-refractivity contribution >= 4 is 22.7 Å². The molecule has 3 unspecified atom stereocenters. The summed E-state index contributed by atoms with van der Waals surface area (Å²) < 4.78 is 0. The lowest BCUT2D eigenvalue weighted by Crippen LogP contribution is -2.50. The molecule has 2 N–H and O–H groups in total. The fourth-order valence-electron chi connectivity index (χ4n) is 6.45. The van der Waals surface area contributed by atoms with Crippen LogP contribution in [-0.2, 0) is 4.79 Å². The highest BCUT2D eigenvalue weighted by Gasteiger charge is 2.45. The summed E-state index contributed by atoms with van der Waals surface area (Å²) in [5.74, 6) is 0.549. The molecule has 2 amide bonds. The number of hydrogen-bond acceptors (Lipinski definition) is 2. The highest BCUT2D eigenvalue weighted by Crippen LogP contribution is 2.47. The van der Waals surface area contributed by atoms with E-state index in [9.17, 15) is 9.59 Å². The van der Waals surface area contributed by atoms with Crippen LogP contribution in [0.15, 0.2) is 72.8 Å². The normalized spacial score (nSPS) is 16.2. The first-order valence-electron chi connectivity index (χ1n) is 15.7. The Morgan fingerprint density at radius 3 is 2.40 bits per heavy atom. The quantitative estimate of drug-likeness (QED) is 0.182. The molecule has 5 rings (SSSR count). The molecule has 1 aliphatic rings. The monoisotopic (exact) mass is 563 g/mol. The predicted molar refractivity (Wildman–Crippen MR) is 172 cm³/mol. The van der Waals surface area contributed by atoms with Crippen LogP contribution in [0.3, 0.4) is 0 Å². The van der Waals surface area contributed by atoms with Crippen LogP contribution in [0.5, 0.6) is 0 Å². The van der Waals surface area contributed by atoms with E-state index in [1.165, 1.54) is 5.56 Å². The third kappa shape index (κ3) is 5.88. The van der Waals surface area contributed by atoms with Crippen LogP contribution >= 0.6 is 0 Å². The summed E-state index contributed by atoms with van der Waals surface area (Å²) in [5.41, 5.74) is 6.95. The number of aryl methyl sites for hydroxylation is 1. The molecule has 0 spiro atoms. The molecular weight excluding hydrogens is 518 g/mol. The summed E-state index contributed by atoms with van der Waals surface area (Å²) in [5, 5.41) is 4.36. The standard InChI is InChI=1S/C37H45N3O2/c1-6-8-13-26(7-2)23-38-36(41)32(22-24(3)4)40-35(28-14-9-10-15-29(28)37(40)42)33-30-16-11-12-17-31(30)39-34(33)27-20-18-25(5)19-21-27/h9-12,14-21,24,26,32,35,39H,6-8,13,22-23H2,1-5H3,(H,38,41). The van der Waals surface area contributed by atoms with Crippen LogP contribution < -0.4 is 5.32 Å². The van der Waals surface area contributed by atoms with Crippen LogP contribution in [0, 0.1) is 18.8 Å². The topological polar surface area (TPSA) is 65.2 Å². The fraction of sp³-hybridized carbons (Fsp3) is 0.405. The second-order valence-electron chi connectivity index (χ2n) is 12.3. The van der Waals surface area contributed by atoms with Crippen molar-refractivity contribution in [2.75, 3.05) is 6.54 Å². The maximum absolute atomic E-state index is 14.3. The fourth-order valence-corrected chi connectivity index (χ4v) is 6.45. The lowest BCUT2D eigenvalue weighted by atomic mass is 9.91. The van der Waals surface area contributed by atoms with E-state index in [-0.39, 0.29) is 17.7 Å². The average molecular weight is 564 g/mol. The molecule has 42 heavy (non-hydrogen) atoms. The lowest BCUT2D eigenvalue weighted by molar-refractivity contribution is -0.126. The maximum atomic E-state index is 14.3. The van der Waals surface area contributed by atoms with Gasteiger partial charge in [0.1, 0.15) is 6.04 Å². The van der Waals surface area contributed by atoms with Gasteiger partial charge in [0.15, 0.2) is 0 Å². The number of H-pyrrole nitrogens is 1. The Hall–Kier alpha value is -3.86. The third-order valence-electron chi connectivity index (χ3n) is 8.80. The molecule has 220 valence electrons. The zero-order valence-electron chi connectivity index (χ0n) is 25.7. The summed E-state index contributed by atoms with van der Waals surface area (Å²) >= 11 is 0. The molecule has 2 heterocycles. The van der Waals surface area contributed by atoms with Gasteiger partial charge in [0, 0.05) is 28.6 Å². The first-order chi connectivity index (χ1) is 20.3. The predicted octanol–water partition coefficient (Wildman–Crippen LogP) is 8.44. The minimum absolute atomic E-state index is 0.0541. The highest BCUT2D eigenvalue weighted by molar-refractivity contribution is 6.04. The second-order valence-corrected chi connectivity index (χ2v) is 12.3. The van der Waals surface area contributed by atoms with Gasteiger partial charge < -0.3 is 15.2 Å². The average Bonchev–Trinajstić information content (AvgIpc) is 3.51. The molecule has 3 atom stereocenters. The molecule has 5 heteroatoms. The summed E-state index contributed by atoms with van der Waals surface area (Å²) in [6.45, 7) is 11.4. The van der Waals surface area contributed by atoms with Crippen molar-refractivity contribution in [3.63, 3.8) is 0 Å². The second kappa shape index (κ2) is 13.0. The number of fused-ring (bicyclic) bond motifs is 2. The Labute approximate surface area is 250 Å². The van der Waals surface area contributed by atoms with E-state index < -0.39 is 12.1 Å². The summed E-state index contributed by atoms with van der Waals surface area (Å²) in [6.07, 6.45) is 5.04. The van der Waals surface area contributed by atoms with Crippen molar-refractivity contribution in [1.29, 1.82) is 0 Å². The Morgan fingerprint density at radius 1 is 0.976 bits per heavy atom. The molecule has 0 saturated heterocycles. The van der Waals surface area contributed by atoms with Crippen molar-refractivity contribution in [1.82, 2.24) is 15.2 Å². The Balaban J connectivity index is 1.63. The number of benzene rings is 3. The van der Waals surface area contributed by atoms with Crippen molar-refractivity contribution in [2.45, 2.75) is 78.8 Å².